The van der Waals surface area contributed by atoms with Crippen molar-refractivity contribution in [2.24, 2.45) is 0 Å². The van der Waals surface area contributed by atoms with Crippen molar-refractivity contribution in [1.82, 2.24) is 24.8 Å². The molecule has 3 aromatic rings. The zero-order valence-corrected chi connectivity index (χ0v) is 32.0. The lowest BCUT2D eigenvalue weighted by atomic mass is 10.0. The van der Waals surface area contributed by atoms with Gasteiger partial charge in [-0.1, -0.05) is 47.3 Å². The molecular formula is C41H59N5O4. The summed E-state index contributed by atoms with van der Waals surface area (Å²) in [6.45, 7) is 25.5. The van der Waals surface area contributed by atoms with Gasteiger partial charge in [-0.3, -0.25) is 9.78 Å². The molecule has 2 aliphatic heterocycles. The maximum absolute atomic E-state index is 11.1. The van der Waals surface area contributed by atoms with Crippen LogP contribution in [0.4, 0.5) is 0 Å². The molecule has 0 saturated carbocycles. The number of likely N-dealkylation sites (N-methyl/N-ethyl adjacent to an activating group) is 1. The van der Waals surface area contributed by atoms with Crippen LogP contribution in [0.3, 0.4) is 0 Å². The fourth-order valence-electron chi connectivity index (χ4n) is 6.12. The number of hydrogen-bond acceptors (Lipinski definition) is 6. The summed E-state index contributed by atoms with van der Waals surface area (Å²) in [4.78, 5) is 30.2. The first-order chi connectivity index (χ1) is 24.0. The Balaban J connectivity index is 0.000000338. The normalized spacial score (nSPS) is 13.5. The molecule has 50 heavy (non-hydrogen) atoms. The maximum Gasteiger partial charge on any atom is 0.222 e. The van der Waals surface area contributed by atoms with Crippen molar-refractivity contribution in [1.29, 1.82) is 0 Å². The third-order valence-corrected chi connectivity index (χ3v) is 9.23. The van der Waals surface area contributed by atoms with Crippen LogP contribution in [0, 0.1) is 20.8 Å². The summed E-state index contributed by atoms with van der Waals surface area (Å²) in [6, 6.07) is 6.63. The molecule has 1 amide bonds. The number of nitrogens with zero attached hydrogens (tertiary/aromatic N) is 3. The molecule has 272 valence electrons. The zero-order chi connectivity index (χ0) is 37.0. The highest BCUT2D eigenvalue weighted by molar-refractivity contribution is 5.86. The van der Waals surface area contributed by atoms with Gasteiger partial charge in [0.25, 0.3) is 0 Å². The number of rotatable bonds is 11. The number of hydrogen-bond donors (Lipinski definition) is 3. The first kappa shape index (κ1) is 40.4. The summed E-state index contributed by atoms with van der Waals surface area (Å²) < 4.78 is 10.2. The number of aromatic nitrogens is 4. The molecule has 0 spiro atoms. The SMILES string of the molecule is C=Cc1c(C)c2cc3nc(c(C)c4nc(cc5[nH]c(cc1[nH]2)c(C)c5CC)C(C)=C4)CC3C.CC.CCC(=O)N(C)CCOCCOCCO. The quantitative estimate of drug-likeness (QED) is 0.175. The second kappa shape index (κ2) is 19.4. The van der Waals surface area contributed by atoms with E-state index in [0.29, 0.717) is 45.3 Å². The molecule has 5 rings (SSSR count). The maximum atomic E-state index is 11.1. The Morgan fingerprint density at radius 1 is 0.940 bits per heavy atom. The van der Waals surface area contributed by atoms with Crippen LogP contribution in [-0.4, -0.2) is 82.5 Å². The lowest BCUT2D eigenvalue weighted by Gasteiger charge is -2.15. The highest BCUT2D eigenvalue weighted by Crippen LogP contribution is 2.32. The highest BCUT2D eigenvalue weighted by Gasteiger charge is 2.20. The number of aryl methyl sites for hydroxylation is 3. The Hall–Kier alpha value is -4.05. The van der Waals surface area contributed by atoms with E-state index in [0.717, 1.165) is 63.2 Å². The molecular weight excluding hydrogens is 626 g/mol. The lowest BCUT2D eigenvalue weighted by molar-refractivity contribution is -0.130. The first-order valence-corrected chi connectivity index (χ1v) is 18.1. The number of aliphatic hydroxyl groups excluding tert-OH is 1. The van der Waals surface area contributed by atoms with Crippen LogP contribution < -0.4 is 0 Å². The minimum atomic E-state index is 0.0355. The number of aromatic amines is 2. The van der Waals surface area contributed by atoms with Crippen LogP contribution in [0.25, 0.3) is 39.8 Å². The average Bonchev–Trinajstić information content (AvgIpc) is 3.84. The van der Waals surface area contributed by atoms with E-state index in [1.807, 2.05) is 26.8 Å². The molecule has 3 N–H and O–H groups in total. The Morgan fingerprint density at radius 2 is 1.60 bits per heavy atom. The molecule has 0 fully saturated rings. The average molecular weight is 686 g/mol. The summed E-state index contributed by atoms with van der Waals surface area (Å²) in [5, 5.41) is 8.42. The third-order valence-electron chi connectivity index (χ3n) is 9.23. The van der Waals surface area contributed by atoms with Gasteiger partial charge in [-0.2, -0.15) is 0 Å². The molecule has 0 saturated heterocycles. The number of nitrogens with one attached hydrogen (secondary N) is 2. The summed E-state index contributed by atoms with van der Waals surface area (Å²) >= 11 is 0. The van der Waals surface area contributed by atoms with Gasteiger partial charge in [-0.15, -0.1) is 0 Å². The van der Waals surface area contributed by atoms with E-state index in [1.54, 1.807) is 11.9 Å². The van der Waals surface area contributed by atoms with E-state index in [9.17, 15) is 4.79 Å². The fourth-order valence-corrected chi connectivity index (χ4v) is 6.12. The molecule has 1 atom stereocenters. The first-order valence-electron chi connectivity index (χ1n) is 18.1. The minimum absolute atomic E-state index is 0.0355. The Bertz CT molecular complexity index is 1820. The van der Waals surface area contributed by atoms with Crippen molar-refractivity contribution in [3.05, 3.63) is 75.4 Å². The van der Waals surface area contributed by atoms with Crippen LogP contribution in [0.15, 0.2) is 24.8 Å². The van der Waals surface area contributed by atoms with E-state index in [4.69, 9.17) is 24.5 Å². The van der Waals surface area contributed by atoms with Crippen LogP contribution in [0.5, 0.6) is 0 Å². The molecule has 8 bridgehead atoms. The molecule has 3 aromatic heterocycles. The Morgan fingerprint density at radius 3 is 2.24 bits per heavy atom. The summed E-state index contributed by atoms with van der Waals surface area (Å²) in [6.07, 6.45) is 6.57. The summed E-state index contributed by atoms with van der Waals surface area (Å²) in [7, 11) is 1.76. The molecule has 2 aliphatic rings. The standard InChI is InChI=1S/C29H32N4.C10H21NO4.C2H6/c1-8-20-18(6)27-14-29-21(9-2)17(5)26(32-29)12-22-15(3)10-24(30-22)19(7)25-11-16(4)23(31-25)13-28(20)33-27;1-3-10(13)11(2)4-6-14-8-9-15-7-5-12;1-2/h9,11-15,32-33H,2,8,10H2,1,3-7H3;12H,3-9H2,1-2H3;1-2H3. The molecule has 9 heteroatoms. The number of amides is 1. The van der Waals surface area contributed by atoms with Crippen LogP contribution in [-0.2, 0) is 27.1 Å². The van der Waals surface area contributed by atoms with Gasteiger partial charge in [0.1, 0.15) is 0 Å². The summed E-state index contributed by atoms with van der Waals surface area (Å²) in [5.74, 6) is 0.491. The predicted molar refractivity (Wildman–Crippen MR) is 208 cm³/mol. The van der Waals surface area contributed by atoms with Gasteiger partial charge in [-0.25, -0.2) is 4.98 Å². The minimum Gasteiger partial charge on any atom is -0.394 e. The van der Waals surface area contributed by atoms with E-state index < -0.39 is 0 Å². The number of carbonyl (C=O) groups is 1. The zero-order valence-electron chi connectivity index (χ0n) is 32.0. The van der Waals surface area contributed by atoms with E-state index in [-0.39, 0.29) is 12.5 Å². The number of carbonyl (C=O) groups excluding carboxylic acids is 1. The number of ether oxygens (including phenoxy) is 2. The number of fused-ring (bicyclic) bond motifs is 8. The van der Waals surface area contributed by atoms with E-state index in [2.05, 4.69) is 82.4 Å². The smallest absolute Gasteiger partial charge is 0.222 e. The van der Waals surface area contributed by atoms with Gasteiger partial charge in [-0.05, 0) is 92.6 Å². The molecule has 5 heterocycles. The predicted octanol–water partition coefficient (Wildman–Crippen LogP) is 8.26. The second-order valence-electron chi connectivity index (χ2n) is 12.6. The third kappa shape index (κ3) is 9.80. The van der Waals surface area contributed by atoms with Crippen LogP contribution in [0.2, 0.25) is 0 Å². The second-order valence-corrected chi connectivity index (χ2v) is 12.6. The van der Waals surface area contributed by atoms with Gasteiger partial charge in [0.05, 0.1) is 44.4 Å². The van der Waals surface area contributed by atoms with Gasteiger partial charge >= 0.3 is 0 Å². The van der Waals surface area contributed by atoms with Crippen molar-refractivity contribution in [3.8, 4) is 0 Å². The monoisotopic (exact) mass is 685 g/mol. The van der Waals surface area contributed by atoms with Crippen molar-refractivity contribution >= 4 is 45.7 Å². The van der Waals surface area contributed by atoms with Crippen molar-refractivity contribution in [3.63, 3.8) is 0 Å². The van der Waals surface area contributed by atoms with Crippen molar-refractivity contribution in [2.75, 3.05) is 46.6 Å². The van der Waals surface area contributed by atoms with E-state index >= 15 is 0 Å². The van der Waals surface area contributed by atoms with Crippen LogP contribution in [0.1, 0.15) is 104 Å². The van der Waals surface area contributed by atoms with Crippen molar-refractivity contribution < 1.29 is 19.4 Å². The van der Waals surface area contributed by atoms with Gasteiger partial charge in [0.2, 0.25) is 5.91 Å². The lowest BCUT2D eigenvalue weighted by Crippen LogP contribution is -2.29. The van der Waals surface area contributed by atoms with Crippen molar-refractivity contribution in [2.45, 2.75) is 87.5 Å². The van der Waals surface area contributed by atoms with Gasteiger partial charge in [0.15, 0.2) is 0 Å². The molecule has 0 radical (unpaired) electrons. The van der Waals surface area contributed by atoms with Gasteiger partial charge < -0.3 is 29.4 Å². The number of allylic oxidation sites excluding steroid dienone is 1. The van der Waals surface area contributed by atoms with E-state index in [1.165, 1.54) is 27.8 Å². The van der Waals surface area contributed by atoms with Gasteiger partial charge in [0, 0.05) is 64.9 Å². The molecule has 0 aromatic carbocycles. The molecule has 9 nitrogen and oxygen atoms in total. The largest absolute Gasteiger partial charge is 0.394 e. The number of aliphatic hydroxyl groups is 1. The Labute approximate surface area is 298 Å². The Kier molecular flexibility index (Phi) is 15.6. The fraction of sp³-hybridized carbons (Fsp3) is 0.488. The number of H-pyrrole nitrogens is 2. The highest BCUT2D eigenvalue weighted by atomic mass is 16.5. The van der Waals surface area contributed by atoms with Crippen LogP contribution >= 0.6 is 0 Å². The topological polar surface area (TPSA) is 116 Å². The molecule has 0 aliphatic carbocycles. The summed E-state index contributed by atoms with van der Waals surface area (Å²) in [5.41, 5.74) is 16.0. The molecule has 1 unspecified atom stereocenters.